The van der Waals surface area contributed by atoms with Gasteiger partial charge in [-0.25, -0.2) is 9.64 Å². The van der Waals surface area contributed by atoms with Gasteiger partial charge in [-0.05, 0) is 96.2 Å². The smallest absolute Gasteiger partial charge is 0.336 e. The number of benzene rings is 3. The van der Waals surface area contributed by atoms with E-state index in [2.05, 4.69) is 83.3 Å². The first kappa shape index (κ1) is 46.0. The van der Waals surface area contributed by atoms with E-state index in [0.29, 0.717) is 34.2 Å². The molecule has 0 radical (unpaired) electrons. The molecular formula is C50H67BrN2O4. The SMILES string of the molecule is CC1(CO)CCCC1.CC1CCCC1.CC1CCCCC1.CCc1cc(C)cc2c1Cc1c-2[nH]c(=O)c2ccccc12.[C-]#[N+]c1cc(C)cc(C(=O)OC)c1CBr. The maximum absolute atomic E-state index is 12.3. The first-order valence-corrected chi connectivity index (χ1v) is 22.5. The third kappa shape index (κ3) is 12.6. The standard InChI is InChI=1S/C19H17NO.C11H10BrNO2.C7H14O.C7H14.C6H12/c1-3-12-8-11(2)9-16-15(12)10-17-13-6-4-5-7-14(13)19(21)20-18(16)17;1-7-4-8(11(14)15-3)9(6-12)10(5-7)13-2;1-7(6-8)4-2-3-5-7;1-7-5-3-2-4-6-7;1-6-4-2-3-5-6/h4-9H,3,10H2,1-2H3,(H,20,21);4-5H,6H2,1,3H3;8H,2-6H2,1H3;7H,2-6H2,1H3;6H,2-5H2,1H3. The second-order valence-corrected chi connectivity index (χ2v) is 17.8. The van der Waals surface area contributed by atoms with Gasteiger partial charge in [-0.3, -0.25) is 4.79 Å². The van der Waals surface area contributed by atoms with Crippen LogP contribution in [0.1, 0.15) is 155 Å². The molecule has 3 fully saturated rings. The third-order valence-corrected chi connectivity index (χ3v) is 12.8. The molecule has 0 amide bonds. The maximum atomic E-state index is 12.3. The average Bonchev–Trinajstić information content (AvgIpc) is 3.99. The van der Waals surface area contributed by atoms with Crippen molar-refractivity contribution >= 4 is 38.4 Å². The Morgan fingerprint density at radius 1 is 0.895 bits per heavy atom. The maximum Gasteiger partial charge on any atom is 0.336 e. The molecule has 0 saturated heterocycles. The third-order valence-electron chi connectivity index (χ3n) is 12.3. The molecule has 0 spiro atoms. The highest BCUT2D eigenvalue weighted by molar-refractivity contribution is 9.08. The van der Waals surface area contributed by atoms with E-state index in [-0.39, 0.29) is 5.56 Å². The molecular weight excluding hydrogens is 772 g/mol. The molecule has 4 aromatic rings. The van der Waals surface area contributed by atoms with Gasteiger partial charge in [0.15, 0.2) is 5.69 Å². The van der Waals surface area contributed by atoms with E-state index in [1.807, 2.05) is 25.1 Å². The summed E-state index contributed by atoms with van der Waals surface area (Å²) < 4.78 is 4.67. The highest BCUT2D eigenvalue weighted by Crippen LogP contribution is 2.40. The number of aromatic nitrogens is 1. The number of fused-ring (bicyclic) bond motifs is 5. The van der Waals surface area contributed by atoms with E-state index in [9.17, 15) is 9.59 Å². The minimum Gasteiger partial charge on any atom is -0.465 e. The Morgan fingerprint density at radius 3 is 1.95 bits per heavy atom. The van der Waals surface area contributed by atoms with Crippen LogP contribution in [0, 0.1) is 37.7 Å². The Bertz CT molecular complexity index is 2030. The summed E-state index contributed by atoms with van der Waals surface area (Å²) in [6, 6.07) is 15.9. The van der Waals surface area contributed by atoms with Gasteiger partial charge in [0.25, 0.3) is 5.56 Å². The molecule has 7 heteroatoms. The zero-order valence-corrected chi connectivity index (χ0v) is 37.4. The van der Waals surface area contributed by atoms with Gasteiger partial charge in [0.2, 0.25) is 0 Å². The average molecular weight is 840 g/mol. The first-order valence-electron chi connectivity index (χ1n) is 21.4. The fraction of sp³-hybridized carbons (Fsp3) is 0.540. The minimum absolute atomic E-state index is 0.0109. The van der Waals surface area contributed by atoms with E-state index in [1.165, 1.54) is 118 Å². The number of esters is 1. The van der Waals surface area contributed by atoms with Crippen LogP contribution in [0.4, 0.5) is 5.69 Å². The van der Waals surface area contributed by atoms with E-state index in [0.717, 1.165) is 46.7 Å². The van der Waals surface area contributed by atoms with Crippen LogP contribution < -0.4 is 5.56 Å². The zero-order chi connectivity index (χ0) is 41.5. The van der Waals surface area contributed by atoms with E-state index < -0.39 is 5.97 Å². The minimum atomic E-state index is -0.405. The number of methoxy groups -OCH3 is 1. The summed E-state index contributed by atoms with van der Waals surface area (Å²) in [7, 11) is 1.33. The number of aromatic amines is 1. The fourth-order valence-electron chi connectivity index (χ4n) is 8.72. The van der Waals surface area contributed by atoms with E-state index in [4.69, 9.17) is 11.7 Å². The number of aliphatic hydroxyl groups is 1. The topological polar surface area (TPSA) is 83.8 Å². The molecule has 0 aliphatic heterocycles. The summed E-state index contributed by atoms with van der Waals surface area (Å²) in [5.74, 6) is 1.68. The molecule has 6 nitrogen and oxygen atoms in total. The zero-order valence-electron chi connectivity index (χ0n) is 35.8. The number of aryl methyl sites for hydroxylation is 3. The largest absolute Gasteiger partial charge is 0.465 e. The van der Waals surface area contributed by atoms with Crippen molar-refractivity contribution in [3.63, 3.8) is 0 Å². The molecule has 1 heterocycles. The number of nitrogens with zero attached hydrogens (tertiary/aromatic N) is 1. The Hall–Kier alpha value is -3.73. The molecule has 0 bridgehead atoms. The number of alkyl halides is 1. The number of halogens is 1. The summed E-state index contributed by atoms with van der Waals surface area (Å²) in [4.78, 5) is 30.3. The van der Waals surface area contributed by atoms with Crippen molar-refractivity contribution in [2.45, 2.75) is 143 Å². The molecule has 8 rings (SSSR count). The van der Waals surface area contributed by atoms with E-state index >= 15 is 0 Å². The van der Waals surface area contributed by atoms with Crippen molar-refractivity contribution in [2.75, 3.05) is 13.7 Å². The summed E-state index contributed by atoms with van der Waals surface area (Å²) in [5, 5.41) is 11.2. The second kappa shape index (κ2) is 22.4. The number of hydrogen-bond acceptors (Lipinski definition) is 4. The molecule has 308 valence electrons. The van der Waals surface area contributed by atoms with Crippen LogP contribution >= 0.6 is 15.9 Å². The van der Waals surface area contributed by atoms with Crippen LogP contribution in [0.2, 0.25) is 0 Å². The summed E-state index contributed by atoms with van der Waals surface area (Å²) in [5.41, 5.74) is 10.3. The van der Waals surface area contributed by atoms with Gasteiger partial charge in [-0.2, -0.15) is 0 Å². The molecule has 57 heavy (non-hydrogen) atoms. The second-order valence-electron chi connectivity index (χ2n) is 17.2. The summed E-state index contributed by atoms with van der Waals surface area (Å²) >= 11 is 3.27. The van der Waals surface area contributed by atoms with Gasteiger partial charge in [-0.15, -0.1) is 0 Å². The molecule has 4 aliphatic carbocycles. The lowest BCUT2D eigenvalue weighted by atomic mass is 9.90. The number of rotatable bonds is 4. The molecule has 0 atom stereocenters. The summed E-state index contributed by atoms with van der Waals surface area (Å²) in [6.45, 7) is 20.4. The summed E-state index contributed by atoms with van der Waals surface area (Å²) in [6.07, 6.45) is 20.4. The molecule has 3 saturated carbocycles. The number of pyridine rings is 1. The van der Waals surface area contributed by atoms with Crippen LogP contribution in [-0.4, -0.2) is 29.8 Å². The normalized spacial score (nSPS) is 16.6. The van der Waals surface area contributed by atoms with Crippen molar-refractivity contribution in [2.24, 2.45) is 17.3 Å². The molecule has 1 aromatic heterocycles. The van der Waals surface area contributed by atoms with E-state index in [1.54, 1.807) is 12.1 Å². The van der Waals surface area contributed by atoms with Crippen molar-refractivity contribution < 1.29 is 14.6 Å². The molecule has 2 N–H and O–H groups in total. The lowest BCUT2D eigenvalue weighted by Gasteiger charge is -2.18. The predicted molar refractivity (Wildman–Crippen MR) is 242 cm³/mol. The van der Waals surface area contributed by atoms with Gasteiger partial charge in [0.1, 0.15) is 0 Å². The number of H-pyrrole nitrogens is 1. The van der Waals surface area contributed by atoms with Crippen LogP contribution in [-0.2, 0) is 22.9 Å². The monoisotopic (exact) mass is 838 g/mol. The van der Waals surface area contributed by atoms with Crippen LogP contribution in [0.15, 0.2) is 53.3 Å². The van der Waals surface area contributed by atoms with Crippen molar-refractivity contribution in [3.8, 4) is 11.3 Å². The van der Waals surface area contributed by atoms with Gasteiger partial charge < -0.3 is 14.8 Å². The Morgan fingerprint density at radius 2 is 1.47 bits per heavy atom. The predicted octanol–water partition coefficient (Wildman–Crippen LogP) is 13.5. The Labute approximate surface area is 351 Å². The number of aliphatic hydroxyl groups excluding tert-OH is 1. The van der Waals surface area contributed by atoms with Crippen molar-refractivity contribution in [1.82, 2.24) is 4.98 Å². The lowest BCUT2D eigenvalue weighted by Crippen LogP contribution is -2.15. The first-order chi connectivity index (χ1) is 27.4. The highest BCUT2D eigenvalue weighted by Gasteiger charge is 2.27. The number of nitrogens with one attached hydrogen (secondary N) is 1. The van der Waals surface area contributed by atoms with Crippen molar-refractivity contribution in [3.05, 3.63) is 109 Å². The Kier molecular flexibility index (Phi) is 18.1. The van der Waals surface area contributed by atoms with Crippen molar-refractivity contribution in [1.29, 1.82) is 0 Å². The number of ether oxygens (including phenoxy) is 1. The number of hydrogen-bond donors (Lipinski definition) is 2. The van der Waals surface area contributed by atoms with Crippen LogP contribution in [0.25, 0.3) is 26.9 Å². The molecule has 0 unspecified atom stereocenters. The number of carbonyl (C=O) groups is 1. The lowest BCUT2D eigenvalue weighted by molar-refractivity contribution is 0.0599. The van der Waals surface area contributed by atoms with Gasteiger partial charge in [0, 0.05) is 29.3 Å². The van der Waals surface area contributed by atoms with Crippen LogP contribution in [0.3, 0.4) is 0 Å². The molecule has 3 aromatic carbocycles. The van der Waals surface area contributed by atoms with Gasteiger partial charge in [-0.1, -0.05) is 156 Å². The fourth-order valence-corrected chi connectivity index (χ4v) is 9.31. The highest BCUT2D eigenvalue weighted by atomic mass is 79.9. The van der Waals surface area contributed by atoms with Gasteiger partial charge in [0.05, 0.1) is 24.9 Å². The van der Waals surface area contributed by atoms with Crippen LogP contribution in [0.5, 0.6) is 0 Å². The quantitative estimate of drug-likeness (QED) is 0.107. The Balaban J connectivity index is 0.000000173. The number of carbonyl (C=O) groups excluding carboxylic acids is 1. The molecule has 4 aliphatic rings. The van der Waals surface area contributed by atoms with Gasteiger partial charge >= 0.3 is 5.97 Å².